The first kappa shape index (κ1) is 22.1. The molecule has 1 amide bonds. The first-order chi connectivity index (χ1) is 14.9. The zero-order chi connectivity index (χ0) is 22.4. The van der Waals surface area contributed by atoms with Gasteiger partial charge >= 0.3 is 0 Å². The Morgan fingerprint density at radius 3 is 2.52 bits per heavy atom. The summed E-state index contributed by atoms with van der Waals surface area (Å²) in [4.78, 5) is 23.7. The highest BCUT2D eigenvalue weighted by Crippen LogP contribution is 2.37. The number of primary amides is 1. The fourth-order valence-corrected chi connectivity index (χ4v) is 3.45. The van der Waals surface area contributed by atoms with Crippen molar-refractivity contribution < 1.29 is 24.2 Å². The van der Waals surface area contributed by atoms with E-state index in [9.17, 15) is 14.7 Å². The first-order valence-electron chi connectivity index (χ1n) is 9.28. The van der Waals surface area contributed by atoms with E-state index in [1.165, 1.54) is 25.3 Å². The number of ether oxygens (including phenoxy) is 2. The number of nitrogens with two attached hydrogens (primary N) is 1. The number of methoxy groups -OCH3 is 1. The molecule has 3 aromatic rings. The van der Waals surface area contributed by atoms with Crippen LogP contribution in [0, 0.1) is 0 Å². The SMILES string of the molecule is COc1cc(/C=C/C(=O)c2cccc(O)c2)cc(Br)c1OCc1cccc(C(N)=O)c1. The molecule has 0 atom stereocenters. The number of phenolic OH excluding ortho intramolecular Hbond substituents is 1. The Kier molecular flexibility index (Phi) is 7.10. The molecule has 0 heterocycles. The van der Waals surface area contributed by atoms with Crippen molar-refractivity contribution in [3.63, 3.8) is 0 Å². The summed E-state index contributed by atoms with van der Waals surface area (Å²) in [5.74, 6) is 0.262. The van der Waals surface area contributed by atoms with Gasteiger partial charge < -0.3 is 20.3 Å². The van der Waals surface area contributed by atoms with Gasteiger partial charge in [-0.15, -0.1) is 0 Å². The summed E-state index contributed by atoms with van der Waals surface area (Å²) in [7, 11) is 1.52. The lowest BCUT2D eigenvalue weighted by Crippen LogP contribution is -2.11. The van der Waals surface area contributed by atoms with Crippen molar-refractivity contribution in [2.75, 3.05) is 7.11 Å². The molecule has 3 aromatic carbocycles. The number of carbonyl (C=O) groups excluding carboxylic acids is 2. The summed E-state index contributed by atoms with van der Waals surface area (Å²) < 4.78 is 12.0. The highest BCUT2D eigenvalue weighted by molar-refractivity contribution is 9.10. The molecule has 0 aliphatic heterocycles. The van der Waals surface area contributed by atoms with E-state index >= 15 is 0 Å². The van der Waals surface area contributed by atoms with Gasteiger partial charge in [-0.1, -0.05) is 30.3 Å². The zero-order valence-electron chi connectivity index (χ0n) is 16.7. The van der Waals surface area contributed by atoms with Gasteiger partial charge in [-0.05, 0) is 69.5 Å². The van der Waals surface area contributed by atoms with E-state index in [4.69, 9.17) is 15.2 Å². The third-order valence-corrected chi connectivity index (χ3v) is 4.99. The maximum Gasteiger partial charge on any atom is 0.248 e. The van der Waals surface area contributed by atoms with Gasteiger partial charge in [-0.25, -0.2) is 0 Å². The molecule has 0 aromatic heterocycles. The van der Waals surface area contributed by atoms with Crippen LogP contribution in [-0.2, 0) is 6.61 Å². The number of ketones is 1. The van der Waals surface area contributed by atoms with Crippen LogP contribution in [0.3, 0.4) is 0 Å². The third-order valence-electron chi connectivity index (χ3n) is 4.40. The first-order valence-corrected chi connectivity index (χ1v) is 10.1. The standard InChI is InChI=1S/C24H20BrNO5/c1-30-22-12-15(8-9-21(28)17-5-3-7-19(27)13-17)11-20(25)23(22)31-14-16-4-2-6-18(10-16)24(26)29/h2-13,27H,14H2,1H3,(H2,26,29)/b9-8+. The number of carbonyl (C=O) groups is 2. The lowest BCUT2D eigenvalue weighted by atomic mass is 10.1. The van der Waals surface area contributed by atoms with Gasteiger partial charge in [0.25, 0.3) is 0 Å². The molecule has 0 aliphatic rings. The Bertz CT molecular complexity index is 1160. The minimum absolute atomic E-state index is 0.0338. The normalized spacial score (nSPS) is 10.8. The Balaban J connectivity index is 1.77. The Morgan fingerprint density at radius 1 is 1.06 bits per heavy atom. The van der Waals surface area contributed by atoms with E-state index in [1.807, 2.05) is 6.07 Å². The molecule has 0 spiro atoms. The lowest BCUT2D eigenvalue weighted by molar-refractivity contribution is 0.0998. The number of aromatic hydroxyl groups is 1. The molecule has 7 heteroatoms. The maximum absolute atomic E-state index is 12.3. The van der Waals surface area contributed by atoms with E-state index < -0.39 is 5.91 Å². The number of allylic oxidation sites excluding steroid dienone is 1. The molecular weight excluding hydrogens is 462 g/mol. The second-order valence-corrected chi connectivity index (χ2v) is 7.49. The number of benzene rings is 3. The Hall–Kier alpha value is -3.58. The molecular formula is C24H20BrNO5. The van der Waals surface area contributed by atoms with E-state index in [2.05, 4.69) is 15.9 Å². The van der Waals surface area contributed by atoms with E-state index in [0.29, 0.717) is 27.1 Å². The van der Waals surface area contributed by atoms with Crippen molar-refractivity contribution in [1.29, 1.82) is 0 Å². The summed E-state index contributed by atoms with van der Waals surface area (Å²) in [5, 5.41) is 9.52. The number of amides is 1. The predicted octanol–water partition coefficient (Wildman–Crippen LogP) is 4.74. The van der Waals surface area contributed by atoms with E-state index in [0.717, 1.165) is 11.1 Å². The second kappa shape index (κ2) is 9.95. The Labute approximate surface area is 188 Å². The van der Waals surface area contributed by atoms with Crippen LogP contribution in [0.15, 0.2) is 71.2 Å². The van der Waals surface area contributed by atoms with Gasteiger partial charge in [0.05, 0.1) is 11.6 Å². The molecule has 3 N–H and O–H groups in total. The number of halogens is 1. The Morgan fingerprint density at radius 2 is 1.81 bits per heavy atom. The summed E-state index contributed by atoms with van der Waals surface area (Å²) >= 11 is 3.48. The van der Waals surface area contributed by atoms with E-state index in [-0.39, 0.29) is 18.1 Å². The van der Waals surface area contributed by atoms with Crippen LogP contribution < -0.4 is 15.2 Å². The van der Waals surface area contributed by atoms with Gasteiger partial charge in [0.2, 0.25) is 5.91 Å². The van der Waals surface area contributed by atoms with Crippen molar-refractivity contribution >= 4 is 33.7 Å². The maximum atomic E-state index is 12.3. The molecule has 0 saturated carbocycles. The van der Waals surface area contributed by atoms with Crippen LogP contribution in [0.1, 0.15) is 31.8 Å². The van der Waals surface area contributed by atoms with Crippen molar-refractivity contribution in [3.8, 4) is 17.2 Å². The molecule has 31 heavy (non-hydrogen) atoms. The van der Waals surface area contributed by atoms with Crippen LogP contribution in [0.2, 0.25) is 0 Å². The highest BCUT2D eigenvalue weighted by atomic mass is 79.9. The number of rotatable bonds is 8. The van der Waals surface area contributed by atoms with Crippen LogP contribution >= 0.6 is 15.9 Å². The smallest absolute Gasteiger partial charge is 0.248 e. The van der Waals surface area contributed by atoms with Gasteiger partial charge in [0.1, 0.15) is 12.4 Å². The second-order valence-electron chi connectivity index (χ2n) is 6.64. The third kappa shape index (κ3) is 5.73. The summed E-state index contributed by atoms with van der Waals surface area (Å²) in [6.07, 6.45) is 3.08. The zero-order valence-corrected chi connectivity index (χ0v) is 18.3. The quantitative estimate of drug-likeness (QED) is 0.357. The lowest BCUT2D eigenvalue weighted by Gasteiger charge is -2.14. The molecule has 0 fully saturated rings. The van der Waals surface area contributed by atoms with Crippen LogP contribution in [0.4, 0.5) is 0 Å². The van der Waals surface area contributed by atoms with Crippen molar-refractivity contribution in [2.45, 2.75) is 6.61 Å². The molecule has 0 saturated heterocycles. The van der Waals surface area contributed by atoms with Crippen molar-refractivity contribution in [3.05, 3.63) is 93.5 Å². The number of hydrogen-bond donors (Lipinski definition) is 2. The molecule has 0 radical (unpaired) electrons. The van der Waals surface area contributed by atoms with Gasteiger partial charge in [0, 0.05) is 11.1 Å². The van der Waals surface area contributed by atoms with Gasteiger partial charge in [0.15, 0.2) is 17.3 Å². The summed E-state index contributed by atoms with van der Waals surface area (Å²) in [6, 6.07) is 16.6. The fraction of sp³-hybridized carbons (Fsp3) is 0.0833. The minimum atomic E-state index is -0.503. The van der Waals surface area contributed by atoms with Crippen LogP contribution in [0.5, 0.6) is 17.2 Å². The molecule has 0 unspecified atom stereocenters. The summed E-state index contributed by atoms with van der Waals surface area (Å²) in [5.41, 5.74) is 7.62. The molecule has 0 aliphatic carbocycles. The van der Waals surface area contributed by atoms with Crippen molar-refractivity contribution in [1.82, 2.24) is 0 Å². The number of hydrogen-bond acceptors (Lipinski definition) is 5. The minimum Gasteiger partial charge on any atom is -0.508 e. The van der Waals surface area contributed by atoms with Gasteiger partial charge in [-0.2, -0.15) is 0 Å². The average molecular weight is 482 g/mol. The van der Waals surface area contributed by atoms with Gasteiger partial charge in [-0.3, -0.25) is 9.59 Å². The fourth-order valence-electron chi connectivity index (χ4n) is 2.87. The van der Waals surface area contributed by atoms with E-state index in [1.54, 1.807) is 48.5 Å². The topological polar surface area (TPSA) is 98.8 Å². The number of phenols is 1. The van der Waals surface area contributed by atoms with Crippen LogP contribution in [0.25, 0.3) is 6.08 Å². The molecule has 6 nitrogen and oxygen atoms in total. The highest BCUT2D eigenvalue weighted by Gasteiger charge is 2.12. The summed E-state index contributed by atoms with van der Waals surface area (Å²) in [6.45, 7) is 0.210. The van der Waals surface area contributed by atoms with Crippen molar-refractivity contribution in [2.24, 2.45) is 5.73 Å². The monoisotopic (exact) mass is 481 g/mol. The predicted molar refractivity (Wildman–Crippen MR) is 121 cm³/mol. The molecule has 3 rings (SSSR count). The molecule has 158 valence electrons. The largest absolute Gasteiger partial charge is 0.508 e. The van der Waals surface area contributed by atoms with Crippen LogP contribution in [-0.4, -0.2) is 23.9 Å². The average Bonchev–Trinajstić information content (AvgIpc) is 2.76. The molecule has 0 bridgehead atoms.